The highest BCUT2D eigenvalue weighted by Gasteiger charge is 2.46. The summed E-state index contributed by atoms with van der Waals surface area (Å²) in [6, 6.07) is 1.66. The Bertz CT molecular complexity index is 455. The van der Waals surface area contributed by atoms with E-state index in [1.165, 1.54) is 13.3 Å². The average molecular weight is 220 g/mol. The van der Waals surface area contributed by atoms with Gasteiger partial charge >= 0.3 is 5.97 Å². The zero-order valence-electron chi connectivity index (χ0n) is 8.95. The first-order chi connectivity index (χ1) is 7.72. The van der Waals surface area contributed by atoms with Crippen molar-refractivity contribution < 1.29 is 14.3 Å². The summed E-state index contributed by atoms with van der Waals surface area (Å²) in [6.45, 7) is 0.645. The molecular formula is C11H12N2O3. The molecule has 1 aliphatic heterocycles. The number of aromatic nitrogens is 1. The molecule has 0 amide bonds. The van der Waals surface area contributed by atoms with Crippen molar-refractivity contribution in [3.63, 3.8) is 0 Å². The fourth-order valence-corrected chi connectivity index (χ4v) is 1.80. The number of ether oxygens (including phenoxy) is 2. The van der Waals surface area contributed by atoms with Gasteiger partial charge in [-0.05, 0) is 12.8 Å². The van der Waals surface area contributed by atoms with E-state index in [0.717, 1.165) is 18.7 Å². The molecule has 0 unspecified atom stereocenters. The molecule has 5 nitrogen and oxygen atoms in total. The molecule has 1 aromatic rings. The molecule has 1 aromatic heterocycles. The smallest absolute Gasteiger partial charge is 0.339 e. The molecular weight excluding hydrogens is 208 g/mol. The number of nitrogens with zero attached hydrogens (tertiary/aromatic N) is 1. The van der Waals surface area contributed by atoms with E-state index in [2.05, 4.69) is 15.0 Å². The standard InChI is InChI=1S/C11H12N2O3/c1-15-10(14)7-4-8-9(12-5-7)13-11(2-3-11)6-16-8/h4-5H,2-3,6H2,1H3,(H,12,13). The van der Waals surface area contributed by atoms with Crippen molar-refractivity contribution in [1.29, 1.82) is 0 Å². The number of rotatable bonds is 1. The van der Waals surface area contributed by atoms with Crippen LogP contribution >= 0.6 is 0 Å². The Labute approximate surface area is 92.8 Å². The zero-order chi connectivity index (χ0) is 11.2. The molecule has 0 saturated heterocycles. The molecule has 1 fully saturated rings. The Balaban J connectivity index is 1.91. The summed E-state index contributed by atoms with van der Waals surface area (Å²) in [5, 5.41) is 3.34. The monoisotopic (exact) mass is 220 g/mol. The highest BCUT2D eigenvalue weighted by molar-refractivity contribution is 5.90. The zero-order valence-corrected chi connectivity index (χ0v) is 8.95. The third-order valence-electron chi connectivity index (χ3n) is 3.01. The van der Waals surface area contributed by atoms with E-state index < -0.39 is 5.97 Å². The Morgan fingerprint density at radius 1 is 1.62 bits per heavy atom. The highest BCUT2D eigenvalue weighted by atomic mass is 16.5. The van der Waals surface area contributed by atoms with Crippen LogP contribution in [0.4, 0.5) is 5.82 Å². The summed E-state index contributed by atoms with van der Waals surface area (Å²) in [7, 11) is 1.35. The van der Waals surface area contributed by atoms with Crippen LogP contribution in [0.1, 0.15) is 23.2 Å². The molecule has 3 rings (SSSR count). The predicted octanol–water partition coefficient (Wildman–Crippen LogP) is 1.21. The third kappa shape index (κ3) is 1.39. The molecule has 1 aliphatic carbocycles. The number of anilines is 1. The van der Waals surface area contributed by atoms with Crippen LogP contribution in [0.2, 0.25) is 0 Å². The van der Waals surface area contributed by atoms with Crippen molar-refractivity contribution in [1.82, 2.24) is 4.98 Å². The lowest BCUT2D eigenvalue weighted by molar-refractivity contribution is 0.0599. The summed E-state index contributed by atoms with van der Waals surface area (Å²) in [4.78, 5) is 15.5. The van der Waals surface area contributed by atoms with Gasteiger partial charge in [0, 0.05) is 12.3 Å². The molecule has 2 heterocycles. The van der Waals surface area contributed by atoms with Gasteiger partial charge in [0.05, 0.1) is 18.2 Å². The molecule has 1 spiro atoms. The van der Waals surface area contributed by atoms with E-state index in [1.54, 1.807) is 6.07 Å². The number of carbonyl (C=O) groups is 1. The van der Waals surface area contributed by atoms with Crippen LogP contribution < -0.4 is 10.1 Å². The topological polar surface area (TPSA) is 60.5 Å². The lowest BCUT2D eigenvalue weighted by atomic mass is 10.2. The van der Waals surface area contributed by atoms with Gasteiger partial charge < -0.3 is 14.8 Å². The maximum Gasteiger partial charge on any atom is 0.339 e. The average Bonchev–Trinajstić information content (AvgIpc) is 3.07. The molecule has 0 radical (unpaired) electrons. The van der Waals surface area contributed by atoms with Crippen LogP contribution in [0.25, 0.3) is 0 Å². The first kappa shape index (κ1) is 9.45. The maximum atomic E-state index is 11.3. The molecule has 2 aliphatic rings. The maximum absolute atomic E-state index is 11.3. The molecule has 1 saturated carbocycles. The number of fused-ring (bicyclic) bond motifs is 1. The first-order valence-corrected chi connectivity index (χ1v) is 5.22. The van der Waals surface area contributed by atoms with Crippen molar-refractivity contribution >= 4 is 11.8 Å². The number of carbonyl (C=O) groups excluding carboxylic acids is 1. The van der Waals surface area contributed by atoms with E-state index in [0.29, 0.717) is 17.9 Å². The van der Waals surface area contributed by atoms with Gasteiger partial charge in [0.25, 0.3) is 0 Å². The quantitative estimate of drug-likeness (QED) is 0.721. The molecule has 0 atom stereocenters. The summed E-state index contributed by atoms with van der Waals surface area (Å²) >= 11 is 0. The van der Waals surface area contributed by atoms with Gasteiger partial charge in [0.15, 0.2) is 11.6 Å². The van der Waals surface area contributed by atoms with Gasteiger partial charge in [-0.15, -0.1) is 0 Å². The highest BCUT2D eigenvalue weighted by Crippen LogP contribution is 2.44. The van der Waals surface area contributed by atoms with Crippen molar-refractivity contribution in [3.05, 3.63) is 17.8 Å². The van der Waals surface area contributed by atoms with Gasteiger partial charge in [-0.1, -0.05) is 0 Å². The minimum atomic E-state index is -0.398. The molecule has 1 N–H and O–H groups in total. The van der Waals surface area contributed by atoms with Gasteiger partial charge in [0.1, 0.15) is 6.61 Å². The third-order valence-corrected chi connectivity index (χ3v) is 3.01. The van der Waals surface area contributed by atoms with Gasteiger partial charge in [0.2, 0.25) is 0 Å². The van der Waals surface area contributed by atoms with Crippen molar-refractivity contribution in [2.24, 2.45) is 0 Å². The van der Waals surface area contributed by atoms with E-state index in [1.807, 2.05) is 0 Å². The fraction of sp³-hybridized carbons (Fsp3) is 0.455. The summed E-state index contributed by atoms with van der Waals surface area (Å²) in [5.41, 5.74) is 0.516. The second kappa shape index (κ2) is 3.10. The van der Waals surface area contributed by atoms with Crippen molar-refractivity contribution in [3.8, 4) is 5.75 Å². The number of hydrogen-bond acceptors (Lipinski definition) is 5. The Morgan fingerprint density at radius 3 is 3.12 bits per heavy atom. The Hall–Kier alpha value is -1.78. The number of hydrogen-bond donors (Lipinski definition) is 1. The molecule has 5 heteroatoms. The lowest BCUT2D eigenvalue weighted by Crippen LogP contribution is -2.34. The second-order valence-electron chi connectivity index (χ2n) is 4.26. The lowest BCUT2D eigenvalue weighted by Gasteiger charge is -2.26. The normalized spacial score (nSPS) is 19.3. The van der Waals surface area contributed by atoms with E-state index in [-0.39, 0.29) is 5.54 Å². The van der Waals surface area contributed by atoms with Crippen LogP contribution in [-0.2, 0) is 4.74 Å². The number of pyridine rings is 1. The number of methoxy groups -OCH3 is 1. The van der Waals surface area contributed by atoms with Crippen molar-refractivity contribution in [2.75, 3.05) is 19.0 Å². The minimum absolute atomic E-state index is 0.104. The predicted molar refractivity (Wildman–Crippen MR) is 56.7 cm³/mol. The van der Waals surface area contributed by atoms with Crippen LogP contribution in [0.5, 0.6) is 5.75 Å². The van der Waals surface area contributed by atoms with Crippen LogP contribution in [0.3, 0.4) is 0 Å². The SMILES string of the molecule is COC(=O)c1cnc2c(c1)OCC1(CC1)N2. The Kier molecular flexibility index (Phi) is 1.83. The number of esters is 1. The van der Waals surface area contributed by atoms with Gasteiger partial charge in [-0.3, -0.25) is 0 Å². The van der Waals surface area contributed by atoms with E-state index in [4.69, 9.17) is 4.74 Å². The van der Waals surface area contributed by atoms with Gasteiger partial charge in [-0.25, -0.2) is 9.78 Å². The minimum Gasteiger partial charge on any atom is -0.487 e. The molecule has 16 heavy (non-hydrogen) atoms. The molecule has 0 aromatic carbocycles. The van der Waals surface area contributed by atoms with Gasteiger partial charge in [-0.2, -0.15) is 0 Å². The summed E-state index contributed by atoms with van der Waals surface area (Å²) in [6.07, 6.45) is 3.74. The van der Waals surface area contributed by atoms with Crippen LogP contribution in [-0.4, -0.2) is 30.2 Å². The van der Waals surface area contributed by atoms with E-state index in [9.17, 15) is 4.79 Å². The fourth-order valence-electron chi connectivity index (χ4n) is 1.80. The van der Waals surface area contributed by atoms with Crippen molar-refractivity contribution in [2.45, 2.75) is 18.4 Å². The molecule has 0 bridgehead atoms. The van der Waals surface area contributed by atoms with Crippen LogP contribution in [0, 0.1) is 0 Å². The second-order valence-corrected chi connectivity index (χ2v) is 4.26. The molecule has 84 valence electrons. The first-order valence-electron chi connectivity index (χ1n) is 5.22. The van der Waals surface area contributed by atoms with Crippen LogP contribution in [0.15, 0.2) is 12.3 Å². The van der Waals surface area contributed by atoms with E-state index >= 15 is 0 Å². The Morgan fingerprint density at radius 2 is 2.44 bits per heavy atom. The summed E-state index contributed by atoms with van der Waals surface area (Å²) in [5.74, 6) is 0.947. The largest absolute Gasteiger partial charge is 0.487 e. The summed E-state index contributed by atoms with van der Waals surface area (Å²) < 4.78 is 10.2. The number of nitrogens with one attached hydrogen (secondary N) is 1.